The molecule has 4 N–H and O–H groups in total. The number of anilines is 1. The molecule has 8 heteroatoms. The maximum absolute atomic E-state index is 11.8. The summed E-state index contributed by atoms with van der Waals surface area (Å²) in [5.41, 5.74) is 5.78. The van der Waals surface area contributed by atoms with Crippen LogP contribution >= 0.6 is 0 Å². The predicted octanol–water partition coefficient (Wildman–Crippen LogP) is 0.344. The van der Waals surface area contributed by atoms with E-state index in [1.165, 1.54) is 31.2 Å². The van der Waals surface area contributed by atoms with Gasteiger partial charge in [0.1, 0.15) is 0 Å². The van der Waals surface area contributed by atoms with Gasteiger partial charge in [0.25, 0.3) is 5.91 Å². The molecule has 1 amide bonds. The van der Waals surface area contributed by atoms with E-state index in [2.05, 4.69) is 11.9 Å². The molecule has 1 aromatic carbocycles. The molecule has 7 nitrogen and oxygen atoms in total. The fraction of sp³-hybridized carbons (Fsp3) is 0.167. The van der Waals surface area contributed by atoms with E-state index in [-0.39, 0.29) is 4.90 Å². The standard InChI is InChI=1S/C12H14N2O5S/c1-7(2)11(15)14-8-3-5-9(6-4-8)20(18,19)10(13)12(16)17/h3-6,10H,1,13H2,2H3,(H,14,15)(H,16,17). The molecule has 1 unspecified atom stereocenters. The summed E-state index contributed by atoms with van der Waals surface area (Å²) in [4.78, 5) is 21.8. The van der Waals surface area contributed by atoms with Gasteiger partial charge in [0.15, 0.2) is 0 Å². The van der Waals surface area contributed by atoms with E-state index >= 15 is 0 Å². The number of carbonyl (C=O) groups is 2. The van der Waals surface area contributed by atoms with Gasteiger partial charge < -0.3 is 16.2 Å². The van der Waals surface area contributed by atoms with E-state index in [1.54, 1.807) is 0 Å². The average molecular weight is 298 g/mol. The minimum absolute atomic E-state index is 0.235. The lowest BCUT2D eigenvalue weighted by Gasteiger charge is -2.10. The highest BCUT2D eigenvalue weighted by Gasteiger charge is 2.30. The van der Waals surface area contributed by atoms with Gasteiger partial charge in [0.2, 0.25) is 15.2 Å². The van der Waals surface area contributed by atoms with Crippen molar-refractivity contribution in [2.75, 3.05) is 5.32 Å². The molecular formula is C12H14N2O5S. The zero-order chi connectivity index (χ0) is 15.5. The average Bonchev–Trinajstić information content (AvgIpc) is 2.38. The van der Waals surface area contributed by atoms with Gasteiger partial charge in [0, 0.05) is 11.3 Å². The first-order valence-corrected chi connectivity index (χ1v) is 7.00. The lowest BCUT2D eigenvalue weighted by Crippen LogP contribution is -2.38. The monoisotopic (exact) mass is 298 g/mol. The summed E-state index contributed by atoms with van der Waals surface area (Å²) in [7, 11) is -4.15. The number of carbonyl (C=O) groups excluding carboxylic acids is 1. The number of nitrogens with two attached hydrogens (primary N) is 1. The Balaban J connectivity index is 3.00. The van der Waals surface area contributed by atoms with Crippen molar-refractivity contribution in [2.24, 2.45) is 5.73 Å². The smallest absolute Gasteiger partial charge is 0.336 e. The van der Waals surface area contributed by atoms with Crippen LogP contribution in [-0.2, 0) is 19.4 Å². The van der Waals surface area contributed by atoms with Gasteiger partial charge in [-0.25, -0.2) is 13.2 Å². The third-order valence-electron chi connectivity index (χ3n) is 2.41. The second-order valence-corrected chi connectivity index (χ2v) is 6.13. The van der Waals surface area contributed by atoms with E-state index in [0.717, 1.165) is 0 Å². The van der Waals surface area contributed by atoms with Crippen molar-refractivity contribution in [3.8, 4) is 0 Å². The summed E-state index contributed by atoms with van der Waals surface area (Å²) < 4.78 is 23.6. The lowest BCUT2D eigenvalue weighted by atomic mass is 10.3. The zero-order valence-electron chi connectivity index (χ0n) is 10.7. The van der Waals surface area contributed by atoms with Gasteiger partial charge in [-0.05, 0) is 31.2 Å². The van der Waals surface area contributed by atoms with Gasteiger partial charge in [0.05, 0.1) is 4.90 Å². The van der Waals surface area contributed by atoms with Crippen LogP contribution in [0.4, 0.5) is 5.69 Å². The molecule has 0 spiro atoms. The first kappa shape index (κ1) is 15.9. The lowest BCUT2D eigenvalue weighted by molar-refractivity contribution is -0.136. The first-order valence-electron chi connectivity index (χ1n) is 5.45. The topological polar surface area (TPSA) is 127 Å². The highest BCUT2D eigenvalue weighted by atomic mass is 32.2. The van der Waals surface area contributed by atoms with Crippen LogP contribution in [0, 0.1) is 0 Å². The van der Waals surface area contributed by atoms with E-state index in [1.807, 2.05) is 0 Å². The third kappa shape index (κ3) is 3.43. The zero-order valence-corrected chi connectivity index (χ0v) is 11.5. The van der Waals surface area contributed by atoms with Crippen molar-refractivity contribution < 1.29 is 23.1 Å². The Bertz CT molecular complexity index is 649. The fourth-order valence-corrected chi connectivity index (χ4v) is 2.32. The highest BCUT2D eigenvalue weighted by Crippen LogP contribution is 2.17. The normalized spacial score (nSPS) is 12.5. The molecule has 0 aromatic heterocycles. The third-order valence-corrected chi connectivity index (χ3v) is 4.21. The van der Waals surface area contributed by atoms with Gasteiger partial charge in [-0.1, -0.05) is 6.58 Å². The van der Waals surface area contributed by atoms with E-state index in [0.29, 0.717) is 11.3 Å². The number of rotatable bonds is 5. The molecule has 0 aliphatic rings. The Labute approximate surface area is 116 Å². The van der Waals surface area contributed by atoms with Gasteiger partial charge in [-0.2, -0.15) is 0 Å². The molecule has 1 rings (SSSR count). The van der Waals surface area contributed by atoms with E-state index in [9.17, 15) is 18.0 Å². The second-order valence-electron chi connectivity index (χ2n) is 4.06. The molecule has 0 saturated heterocycles. The Hall–Kier alpha value is -2.19. The second kappa shape index (κ2) is 5.85. The summed E-state index contributed by atoms with van der Waals surface area (Å²) in [6.07, 6.45) is 0. The number of benzene rings is 1. The van der Waals surface area contributed by atoms with Crippen LogP contribution < -0.4 is 11.1 Å². The van der Waals surface area contributed by atoms with Crippen LogP contribution in [0.2, 0.25) is 0 Å². The van der Waals surface area contributed by atoms with Crippen molar-refractivity contribution >= 4 is 27.4 Å². The van der Waals surface area contributed by atoms with Crippen LogP contribution in [-0.4, -0.2) is 30.8 Å². The number of carboxylic acid groups (broad SMARTS) is 1. The number of amides is 1. The molecule has 20 heavy (non-hydrogen) atoms. The fourth-order valence-electron chi connectivity index (χ4n) is 1.25. The minimum Gasteiger partial charge on any atom is -0.479 e. The number of sulfone groups is 1. The van der Waals surface area contributed by atoms with Gasteiger partial charge in [-0.15, -0.1) is 0 Å². The maximum Gasteiger partial charge on any atom is 0.336 e. The Morgan fingerprint density at radius 1 is 1.30 bits per heavy atom. The molecule has 0 aliphatic heterocycles. The highest BCUT2D eigenvalue weighted by molar-refractivity contribution is 7.92. The van der Waals surface area contributed by atoms with Gasteiger partial charge >= 0.3 is 5.97 Å². The predicted molar refractivity (Wildman–Crippen MR) is 72.7 cm³/mol. The largest absolute Gasteiger partial charge is 0.479 e. The van der Waals surface area contributed by atoms with Crippen molar-refractivity contribution in [3.05, 3.63) is 36.4 Å². The van der Waals surface area contributed by atoms with Crippen molar-refractivity contribution in [3.63, 3.8) is 0 Å². The summed E-state index contributed by atoms with van der Waals surface area (Å²) in [5.74, 6) is -2.03. The van der Waals surface area contributed by atoms with Crippen LogP contribution in [0.25, 0.3) is 0 Å². The number of hydrogen-bond donors (Lipinski definition) is 3. The van der Waals surface area contributed by atoms with Gasteiger partial charge in [-0.3, -0.25) is 4.79 Å². The molecule has 0 bridgehead atoms. The Kier molecular flexibility index (Phi) is 4.64. The molecule has 1 atom stereocenters. The Morgan fingerprint density at radius 2 is 1.80 bits per heavy atom. The molecule has 0 aliphatic carbocycles. The van der Waals surface area contributed by atoms with Crippen LogP contribution in [0.3, 0.4) is 0 Å². The number of nitrogens with one attached hydrogen (secondary N) is 1. The molecular weight excluding hydrogens is 284 g/mol. The summed E-state index contributed by atoms with van der Waals surface area (Å²) in [6, 6.07) is 5.02. The first-order chi connectivity index (χ1) is 9.16. The maximum atomic E-state index is 11.8. The van der Waals surface area contributed by atoms with Crippen molar-refractivity contribution in [1.82, 2.24) is 0 Å². The van der Waals surface area contributed by atoms with Crippen molar-refractivity contribution in [2.45, 2.75) is 17.2 Å². The Morgan fingerprint density at radius 3 is 2.20 bits per heavy atom. The van der Waals surface area contributed by atoms with E-state index in [4.69, 9.17) is 10.8 Å². The van der Waals surface area contributed by atoms with Crippen LogP contribution in [0.5, 0.6) is 0 Å². The molecule has 0 saturated carbocycles. The quantitative estimate of drug-likeness (QED) is 0.673. The van der Waals surface area contributed by atoms with E-state index < -0.39 is 27.1 Å². The summed E-state index contributed by atoms with van der Waals surface area (Å²) in [6.45, 7) is 4.99. The number of aliphatic carboxylic acids is 1. The molecule has 108 valence electrons. The number of carboxylic acids is 1. The van der Waals surface area contributed by atoms with Crippen LogP contribution in [0.15, 0.2) is 41.3 Å². The molecule has 0 fully saturated rings. The minimum atomic E-state index is -4.15. The molecule has 0 heterocycles. The van der Waals surface area contributed by atoms with Crippen molar-refractivity contribution in [1.29, 1.82) is 0 Å². The number of hydrogen-bond acceptors (Lipinski definition) is 5. The molecule has 0 radical (unpaired) electrons. The summed E-state index contributed by atoms with van der Waals surface area (Å²) in [5, 5.41) is 9.10. The SMILES string of the molecule is C=C(C)C(=O)Nc1ccc(S(=O)(=O)C(N)C(=O)O)cc1. The van der Waals surface area contributed by atoms with Crippen LogP contribution in [0.1, 0.15) is 6.92 Å². The molecule has 1 aromatic rings. The summed E-state index contributed by atoms with van der Waals surface area (Å²) >= 11 is 0.